The van der Waals surface area contributed by atoms with Gasteiger partial charge in [0.1, 0.15) is 17.5 Å². The van der Waals surface area contributed by atoms with Crippen molar-refractivity contribution in [1.82, 2.24) is 24.6 Å². The Balaban J connectivity index is 1.26. The van der Waals surface area contributed by atoms with E-state index in [4.69, 9.17) is 4.98 Å². The van der Waals surface area contributed by atoms with Gasteiger partial charge in [0.2, 0.25) is 0 Å². The van der Waals surface area contributed by atoms with Gasteiger partial charge in [0.25, 0.3) is 0 Å². The number of amides is 1. The average molecular weight is 495 g/mol. The van der Waals surface area contributed by atoms with Crippen LogP contribution in [0.4, 0.5) is 19.4 Å². The van der Waals surface area contributed by atoms with Crippen LogP contribution in [0.1, 0.15) is 19.3 Å². The van der Waals surface area contributed by atoms with E-state index in [2.05, 4.69) is 10.1 Å². The molecule has 2 N–H and O–H groups in total. The number of anilines is 1. The summed E-state index contributed by atoms with van der Waals surface area (Å²) in [6, 6.07) is 8.25. The van der Waals surface area contributed by atoms with Crippen LogP contribution in [0.25, 0.3) is 33.2 Å². The first-order valence-corrected chi connectivity index (χ1v) is 11.8. The number of halogens is 2. The molecule has 4 aromatic rings. The van der Waals surface area contributed by atoms with Gasteiger partial charge in [0.05, 0.1) is 22.8 Å². The number of hydrogen-bond acceptors (Lipinski definition) is 6. The Labute approximate surface area is 204 Å². The zero-order valence-electron chi connectivity index (χ0n) is 19.5. The minimum absolute atomic E-state index is 0.0954. The largest absolute Gasteiger partial charge is 0.504 e. The first-order valence-electron chi connectivity index (χ1n) is 11.8. The summed E-state index contributed by atoms with van der Waals surface area (Å²) in [5, 5.41) is 24.7. The maximum Gasteiger partial charge on any atom is 0.407 e. The number of fused-ring (bicyclic) bond motifs is 2. The van der Waals surface area contributed by atoms with Crippen molar-refractivity contribution in [2.24, 2.45) is 7.05 Å². The lowest BCUT2D eigenvalue weighted by molar-refractivity contribution is 0.0341. The highest BCUT2D eigenvalue weighted by molar-refractivity contribution is 5.89. The standard InChI is InChI=1S/C25H24F2N6O3/c1-31-11-13-8-17(24(34)22(27)23(13)30-31)18-2-3-20-19(28-18)4-5-21(29-20)32-7-6-15(12-32)33(25(35)36)16-9-14(26)10-16/h2-5,8,11,14-16,34H,6-7,9-10,12H2,1H3,(H,35,36). The number of alkyl halides is 1. The second-order valence-corrected chi connectivity index (χ2v) is 9.53. The van der Waals surface area contributed by atoms with Crippen LogP contribution in [0.5, 0.6) is 5.75 Å². The van der Waals surface area contributed by atoms with Crippen LogP contribution in [-0.4, -0.2) is 72.3 Å². The monoisotopic (exact) mass is 494 g/mol. The van der Waals surface area contributed by atoms with Crippen LogP contribution in [-0.2, 0) is 7.05 Å². The lowest BCUT2D eigenvalue weighted by Gasteiger charge is -2.41. The zero-order chi connectivity index (χ0) is 25.1. The summed E-state index contributed by atoms with van der Waals surface area (Å²) in [7, 11) is 1.68. The molecule has 1 aromatic carbocycles. The molecular weight excluding hydrogens is 470 g/mol. The van der Waals surface area contributed by atoms with E-state index >= 15 is 0 Å². The summed E-state index contributed by atoms with van der Waals surface area (Å²) in [6.07, 6.45) is 0.922. The highest BCUT2D eigenvalue weighted by Crippen LogP contribution is 2.36. The first-order chi connectivity index (χ1) is 17.3. The smallest absolute Gasteiger partial charge is 0.407 e. The number of hydrogen-bond donors (Lipinski definition) is 2. The fourth-order valence-electron chi connectivity index (χ4n) is 5.29. The Morgan fingerprint density at radius 2 is 1.89 bits per heavy atom. The van der Waals surface area contributed by atoms with E-state index in [0.29, 0.717) is 47.4 Å². The fourth-order valence-corrected chi connectivity index (χ4v) is 5.29. The number of nitrogens with zero attached hydrogens (tertiary/aromatic N) is 6. The number of aryl methyl sites for hydroxylation is 1. The molecule has 11 heteroatoms. The van der Waals surface area contributed by atoms with Crippen LogP contribution in [0.15, 0.2) is 36.5 Å². The van der Waals surface area contributed by atoms with E-state index in [1.807, 2.05) is 11.0 Å². The molecule has 1 amide bonds. The van der Waals surface area contributed by atoms with Gasteiger partial charge in [0.15, 0.2) is 11.6 Å². The molecule has 4 heterocycles. The Kier molecular flexibility index (Phi) is 5.16. The maximum atomic E-state index is 14.7. The number of carboxylic acid groups (broad SMARTS) is 1. The van der Waals surface area contributed by atoms with Crippen LogP contribution in [0, 0.1) is 5.82 Å². The fraction of sp³-hybridized carbons (Fsp3) is 0.360. The van der Waals surface area contributed by atoms with Crippen molar-refractivity contribution in [2.75, 3.05) is 18.0 Å². The predicted molar refractivity (Wildman–Crippen MR) is 129 cm³/mol. The van der Waals surface area contributed by atoms with Crippen LogP contribution in [0.3, 0.4) is 0 Å². The molecule has 0 spiro atoms. The molecular formula is C25H24F2N6O3. The van der Waals surface area contributed by atoms with Crippen molar-refractivity contribution in [3.8, 4) is 17.0 Å². The molecule has 1 saturated carbocycles. The topological polar surface area (TPSA) is 108 Å². The molecule has 2 fully saturated rings. The quantitative estimate of drug-likeness (QED) is 0.440. The molecule has 1 aliphatic carbocycles. The van der Waals surface area contributed by atoms with E-state index in [1.165, 1.54) is 9.58 Å². The predicted octanol–water partition coefficient (Wildman–Crippen LogP) is 4.09. The summed E-state index contributed by atoms with van der Waals surface area (Å²) in [5.74, 6) is -0.594. The van der Waals surface area contributed by atoms with Gasteiger partial charge in [-0.3, -0.25) is 4.68 Å². The summed E-state index contributed by atoms with van der Waals surface area (Å²) in [4.78, 5) is 24.6. The van der Waals surface area contributed by atoms with Gasteiger partial charge in [0, 0.05) is 43.3 Å². The number of aromatic hydroxyl groups is 1. The van der Waals surface area contributed by atoms with Crippen molar-refractivity contribution in [3.05, 3.63) is 42.3 Å². The summed E-state index contributed by atoms with van der Waals surface area (Å²) in [5.41, 5.74) is 1.97. The second-order valence-electron chi connectivity index (χ2n) is 9.53. The lowest BCUT2D eigenvalue weighted by Crippen LogP contribution is -2.53. The number of phenolic OH excluding ortho intramolecular Hbond substituents is 1. The van der Waals surface area contributed by atoms with Crippen LogP contribution < -0.4 is 4.90 Å². The number of pyridine rings is 2. The van der Waals surface area contributed by atoms with Crippen LogP contribution in [0.2, 0.25) is 0 Å². The number of carbonyl (C=O) groups is 1. The molecule has 1 unspecified atom stereocenters. The minimum atomic E-state index is -1.01. The summed E-state index contributed by atoms with van der Waals surface area (Å²) in [6.45, 7) is 1.13. The third-order valence-corrected chi connectivity index (χ3v) is 7.18. The molecule has 1 saturated heterocycles. The molecule has 1 aliphatic heterocycles. The Hall–Kier alpha value is -4.02. The van der Waals surface area contributed by atoms with E-state index in [-0.39, 0.29) is 36.0 Å². The van der Waals surface area contributed by atoms with Gasteiger partial charge in [-0.1, -0.05) is 0 Å². The third-order valence-electron chi connectivity index (χ3n) is 7.18. The summed E-state index contributed by atoms with van der Waals surface area (Å²) >= 11 is 0. The van der Waals surface area contributed by atoms with Crippen molar-refractivity contribution in [2.45, 2.75) is 37.5 Å². The van der Waals surface area contributed by atoms with E-state index in [1.54, 1.807) is 37.5 Å². The van der Waals surface area contributed by atoms with Crippen molar-refractivity contribution in [1.29, 1.82) is 0 Å². The maximum absolute atomic E-state index is 14.7. The highest BCUT2D eigenvalue weighted by atomic mass is 19.1. The molecule has 186 valence electrons. The van der Waals surface area contributed by atoms with Gasteiger partial charge >= 0.3 is 6.09 Å². The number of phenols is 1. The van der Waals surface area contributed by atoms with E-state index < -0.39 is 23.8 Å². The number of aromatic nitrogens is 4. The van der Waals surface area contributed by atoms with E-state index in [0.717, 1.165) is 0 Å². The first kappa shape index (κ1) is 22.4. The molecule has 0 radical (unpaired) electrons. The van der Waals surface area contributed by atoms with Crippen LogP contribution >= 0.6 is 0 Å². The van der Waals surface area contributed by atoms with Gasteiger partial charge in [-0.15, -0.1) is 0 Å². The summed E-state index contributed by atoms with van der Waals surface area (Å²) < 4.78 is 29.5. The Morgan fingerprint density at radius 1 is 1.14 bits per heavy atom. The molecule has 1 atom stereocenters. The molecule has 3 aromatic heterocycles. The number of benzene rings is 1. The minimum Gasteiger partial charge on any atom is -0.504 e. The van der Waals surface area contributed by atoms with Gasteiger partial charge in [-0.05, 0) is 49.6 Å². The number of rotatable bonds is 4. The zero-order valence-corrected chi connectivity index (χ0v) is 19.5. The molecule has 6 rings (SSSR count). The SMILES string of the molecule is Cn1cc2cc(-c3ccc4nc(N5CCC(N(C(=O)O)C6CC(F)C6)C5)ccc4n3)c(O)c(F)c2n1. The van der Waals surface area contributed by atoms with Gasteiger partial charge in [-0.25, -0.2) is 23.5 Å². The Bertz CT molecular complexity index is 1500. The average Bonchev–Trinajstić information content (AvgIpc) is 3.46. The molecule has 9 nitrogen and oxygen atoms in total. The highest BCUT2D eigenvalue weighted by Gasteiger charge is 2.42. The third kappa shape index (κ3) is 3.66. The van der Waals surface area contributed by atoms with Crippen molar-refractivity contribution in [3.63, 3.8) is 0 Å². The molecule has 36 heavy (non-hydrogen) atoms. The molecule has 0 bridgehead atoms. The van der Waals surface area contributed by atoms with Crippen molar-refractivity contribution >= 4 is 33.8 Å². The van der Waals surface area contributed by atoms with Crippen molar-refractivity contribution < 1.29 is 23.8 Å². The lowest BCUT2D eigenvalue weighted by atomic mass is 9.88. The van der Waals surface area contributed by atoms with Gasteiger partial charge in [-0.2, -0.15) is 5.10 Å². The molecule has 2 aliphatic rings. The van der Waals surface area contributed by atoms with Gasteiger partial charge < -0.3 is 20.0 Å². The Morgan fingerprint density at radius 3 is 2.64 bits per heavy atom. The second kappa shape index (κ2) is 8.28. The normalized spacial score (nSPS) is 21.8. The van der Waals surface area contributed by atoms with E-state index in [9.17, 15) is 23.8 Å².